The maximum Gasteiger partial charge on any atom is 0.124 e. The van der Waals surface area contributed by atoms with E-state index in [0.29, 0.717) is 6.54 Å². The first-order valence-corrected chi connectivity index (χ1v) is 6.67. The Balaban J connectivity index is 2.11. The third-order valence-electron chi connectivity index (χ3n) is 2.66. The second-order valence-corrected chi connectivity index (χ2v) is 5.57. The van der Waals surface area contributed by atoms with Crippen LogP contribution in [0.1, 0.15) is 18.1 Å². The molecule has 2 N–H and O–H groups in total. The van der Waals surface area contributed by atoms with Gasteiger partial charge < -0.3 is 10.3 Å². The summed E-state index contributed by atoms with van der Waals surface area (Å²) in [6, 6.07) is 7.15. The molecular formula is C14H16BrFN2. The fourth-order valence-corrected chi connectivity index (χ4v) is 2.51. The molecular weight excluding hydrogens is 295 g/mol. The average Bonchev–Trinajstić information content (AvgIpc) is 2.62. The van der Waals surface area contributed by atoms with E-state index in [0.717, 1.165) is 16.5 Å². The minimum Gasteiger partial charge on any atom is -0.350 e. The van der Waals surface area contributed by atoms with Crippen molar-refractivity contribution in [3.63, 3.8) is 0 Å². The summed E-state index contributed by atoms with van der Waals surface area (Å²) in [5.74, 6) is -0.220. The molecule has 4 heteroatoms. The third-order valence-corrected chi connectivity index (χ3v) is 3.11. The lowest BCUT2D eigenvalue weighted by molar-refractivity contribution is 0.622. The van der Waals surface area contributed by atoms with E-state index in [2.05, 4.69) is 28.2 Å². The summed E-state index contributed by atoms with van der Waals surface area (Å²) in [6.07, 6.45) is 4.92. The van der Waals surface area contributed by atoms with Crippen molar-refractivity contribution in [3.8, 4) is 0 Å². The summed E-state index contributed by atoms with van der Waals surface area (Å²) < 4.78 is 16.1. The van der Waals surface area contributed by atoms with Crippen molar-refractivity contribution in [1.29, 1.82) is 0 Å². The first kappa shape index (κ1) is 13.3. The van der Waals surface area contributed by atoms with E-state index < -0.39 is 0 Å². The van der Waals surface area contributed by atoms with Crippen molar-refractivity contribution >= 4 is 15.9 Å². The average molecular weight is 311 g/mol. The van der Waals surface area contributed by atoms with Crippen molar-refractivity contribution < 1.29 is 4.39 Å². The number of nitrogens with two attached hydrogens (primary N) is 1. The monoisotopic (exact) mass is 310 g/mol. The Morgan fingerprint density at radius 1 is 1.33 bits per heavy atom. The van der Waals surface area contributed by atoms with E-state index in [1.165, 1.54) is 11.6 Å². The van der Waals surface area contributed by atoms with Crippen molar-refractivity contribution in [2.75, 3.05) is 0 Å². The predicted octanol–water partition coefficient (Wildman–Crippen LogP) is 3.33. The van der Waals surface area contributed by atoms with E-state index in [1.54, 1.807) is 6.07 Å². The molecule has 0 aliphatic rings. The standard InChI is InChI=1S/C14H16BrFN2/c1-10(17)4-11-2-3-18(8-11)9-12-5-13(15)7-14(16)6-12/h2-3,5-8,10H,4,9,17H2,1H3. The largest absolute Gasteiger partial charge is 0.350 e. The molecule has 0 radical (unpaired) electrons. The molecule has 1 aromatic heterocycles. The number of hydrogen-bond donors (Lipinski definition) is 1. The Hall–Kier alpha value is -1.13. The van der Waals surface area contributed by atoms with Gasteiger partial charge in [0.1, 0.15) is 5.82 Å². The second kappa shape index (κ2) is 5.67. The zero-order valence-corrected chi connectivity index (χ0v) is 11.8. The molecule has 2 nitrogen and oxygen atoms in total. The normalized spacial score (nSPS) is 12.7. The molecule has 1 aromatic carbocycles. The van der Waals surface area contributed by atoms with Crippen LogP contribution in [0.4, 0.5) is 4.39 Å². The van der Waals surface area contributed by atoms with Gasteiger partial charge in [0.15, 0.2) is 0 Å². The van der Waals surface area contributed by atoms with Crippen LogP contribution in [0.5, 0.6) is 0 Å². The van der Waals surface area contributed by atoms with Crippen molar-refractivity contribution in [2.24, 2.45) is 5.73 Å². The summed E-state index contributed by atoms with van der Waals surface area (Å²) in [5.41, 5.74) is 7.90. The number of nitrogens with zero attached hydrogens (tertiary/aromatic N) is 1. The number of aromatic nitrogens is 1. The SMILES string of the molecule is CC(N)Cc1ccn(Cc2cc(F)cc(Br)c2)c1. The van der Waals surface area contributed by atoms with Crippen LogP contribution in [0.2, 0.25) is 0 Å². The van der Waals surface area contributed by atoms with E-state index in [4.69, 9.17) is 5.73 Å². The van der Waals surface area contributed by atoms with E-state index in [1.807, 2.05) is 23.8 Å². The maximum atomic E-state index is 13.3. The molecule has 0 aliphatic heterocycles. The lowest BCUT2D eigenvalue weighted by atomic mass is 10.1. The molecule has 0 spiro atoms. The van der Waals surface area contributed by atoms with Gasteiger partial charge in [-0.05, 0) is 48.7 Å². The van der Waals surface area contributed by atoms with E-state index in [9.17, 15) is 4.39 Å². The van der Waals surface area contributed by atoms with Crippen LogP contribution in [0, 0.1) is 5.82 Å². The number of benzene rings is 1. The summed E-state index contributed by atoms with van der Waals surface area (Å²) >= 11 is 3.30. The molecule has 2 rings (SSSR count). The van der Waals surface area contributed by atoms with E-state index in [-0.39, 0.29) is 11.9 Å². The summed E-state index contributed by atoms with van der Waals surface area (Å²) in [6.45, 7) is 2.65. The molecule has 18 heavy (non-hydrogen) atoms. The Bertz CT molecular complexity index is 514. The molecule has 1 unspecified atom stereocenters. The molecule has 0 saturated carbocycles. The summed E-state index contributed by atoms with van der Waals surface area (Å²) in [5, 5.41) is 0. The van der Waals surface area contributed by atoms with Crippen LogP contribution < -0.4 is 5.73 Å². The summed E-state index contributed by atoms with van der Waals surface area (Å²) in [4.78, 5) is 0. The fourth-order valence-electron chi connectivity index (χ4n) is 1.99. The Morgan fingerprint density at radius 2 is 2.11 bits per heavy atom. The van der Waals surface area contributed by atoms with Crippen molar-refractivity contribution in [1.82, 2.24) is 4.57 Å². The highest BCUT2D eigenvalue weighted by Crippen LogP contribution is 2.16. The van der Waals surface area contributed by atoms with E-state index >= 15 is 0 Å². The molecule has 0 amide bonds. The highest BCUT2D eigenvalue weighted by Gasteiger charge is 2.03. The van der Waals surface area contributed by atoms with Gasteiger partial charge in [0.05, 0.1) is 0 Å². The highest BCUT2D eigenvalue weighted by molar-refractivity contribution is 9.10. The Kier molecular flexibility index (Phi) is 4.19. The van der Waals surface area contributed by atoms with Crippen LogP contribution in [-0.2, 0) is 13.0 Å². The number of hydrogen-bond acceptors (Lipinski definition) is 1. The van der Waals surface area contributed by atoms with Gasteiger partial charge in [0, 0.05) is 29.5 Å². The number of rotatable bonds is 4. The van der Waals surface area contributed by atoms with Crippen LogP contribution >= 0.6 is 15.9 Å². The van der Waals surface area contributed by atoms with Gasteiger partial charge in [-0.3, -0.25) is 0 Å². The molecule has 2 aromatic rings. The van der Waals surface area contributed by atoms with Crippen molar-refractivity contribution in [3.05, 3.63) is 58.1 Å². The van der Waals surface area contributed by atoms with Crippen LogP contribution in [0.3, 0.4) is 0 Å². The van der Waals surface area contributed by atoms with Crippen LogP contribution in [-0.4, -0.2) is 10.6 Å². The zero-order valence-electron chi connectivity index (χ0n) is 10.2. The van der Waals surface area contributed by atoms with Gasteiger partial charge >= 0.3 is 0 Å². The van der Waals surface area contributed by atoms with Crippen LogP contribution in [0.15, 0.2) is 41.1 Å². The molecule has 96 valence electrons. The molecule has 0 saturated heterocycles. The maximum absolute atomic E-state index is 13.3. The fraction of sp³-hybridized carbons (Fsp3) is 0.286. The molecule has 1 atom stereocenters. The molecule has 1 heterocycles. The quantitative estimate of drug-likeness (QED) is 0.922. The van der Waals surface area contributed by atoms with Gasteiger partial charge in [0.2, 0.25) is 0 Å². The van der Waals surface area contributed by atoms with Gasteiger partial charge in [-0.25, -0.2) is 4.39 Å². The topological polar surface area (TPSA) is 30.9 Å². The lowest BCUT2D eigenvalue weighted by Gasteiger charge is -2.05. The van der Waals surface area contributed by atoms with Gasteiger partial charge in [0.25, 0.3) is 0 Å². The van der Waals surface area contributed by atoms with Crippen molar-refractivity contribution in [2.45, 2.75) is 25.9 Å². The van der Waals surface area contributed by atoms with Gasteiger partial charge in [-0.15, -0.1) is 0 Å². The van der Waals surface area contributed by atoms with Crippen LogP contribution in [0.25, 0.3) is 0 Å². The number of halogens is 2. The zero-order chi connectivity index (χ0) is 13.1. The molecule has 0 bridgehead atoms. The minimum absolute atomic E-state index is 0.157. The third kappa shape index (κ3) is 3.68. The van der Waals surface area contributed by atoms with Gasteiger partial charge in [-0.2, -0.15) is 0 Å². The summed E-state index contributed by atoms with van der Waals surface area (Å²) in [7, 11) is 0. The lowest BCUT2D eigenvalue weighted by Crippen LogP contribution is -2.17. The first-order chi connectivity index (χ1) is 8.52. The minimum atomic E-state index is -0.220. The molecule has 0 fully saturated rings. The second-order valence-electron chi connectivity index (χ2n) is 4.65. The smallest absolute Gasteiger partial charge is 0.124 e. The molecule has 0 aliphatic carbocycles. The predicted molar refractivity (Wildman–Crippen MR) is 75.0 cm³/mol. The van der Waals surface area contributed by atoms with Gasteiger partial charge in [-0.1, -0.05) is 15.9 Å². The Labute approximate surface area is 115 Å². The Morgan fingerprint density at radius 3 is 2.78 bits per heavy atom. The first-order valence-electron chi connectivity index (χ1n) is 5.88. The highest BCUT2D eigenvalue weighted by atomic mass is 79.9.